The number of piperazine rings is 1. The SMILES string of the molecule is COC(=O)N=C(C)C(C(=O)Nc1cccc(F)c1CCCC1CNCC(C)N1S(=O)(=O)c1ccc(OC(F)(F)F)cc1)C(c1ccc(Cl)cc1)C(C)C. The van der Waals surface area contributed by atoms with Gasteiger partial charge in [-0.15, -0.1) is 13.2 Å². The summed E-state index contributed by atoms with van der Waals surface area (Å²) in [4.78, 5) is 30.2. The molecule has 4 rings (SSSR count). The molecule has 1 saturated heterocycles. The summed E-state index contributed by atoms with van der Waals surface area (Å²) in [5.74, 6) is -3.17. The van der Waals surface area contributed by atoms with Gasteiger partial charge in [-0.2, -0.15) is 9.30 Å². The van der Waals surface area contributed by atoms with Crippen LogP contribution in [-0.4, -0.2) is 69.1 Å². The maximum Gasteiger partial charge on any atom is 0.573 e. The molecule has 0 spiro atoms. The van der Waals surface area contributed by atoms with Gasteiger partial charge in [0.15, 0.2) is 0 Å². The number of ether oxygens (including phenoxy) is 2. The van der Waals surface area contributed by atoms with Gasteiger partial charge in [0.2, 0.25) is 15.9 Å². The zero-order valence-corrected chi connectivity index (χ0v) is 31.5. The second kappa shape index (κ2) is 17.9. The molecule has 10 nitrogen and oxygen atoms in total. The van der Waals surface area contributed by atoms with Gasteiger partial charge in [0.1, 0.15) is 11.6 Å². The van der Waals surface area contributed by atoms with Gasteiger partial charge in [0.05, 0.1) is 17.9 Å². The van der Waals surface area contributed by atoms with Crippen molar-refractivity contribution in [3.8, 4) is 5.75 Å². The van der Waals surface area contributed by atoms with Crippen LogP contribution in [-0.2, 0) is 26.0 Å². The maximum absolute atomic E-state index is 15.5. The zero-order valence-electron chi connectivity index (χ0n) is 29.9. The quantitative estimate of drug-likeness (QED) is 0.133. The Morgan fingerprint density at radius 3 is 2.32 bits per heavy atom. The van der Waals surface area contributed by atoms with Crippen molar-refractivity contribution in [2.75, 3.05) is 25.5 Å². The van der Waals surface area contributed by atoms with Gasteiger partial charge >= 0.3 is 12.5 Å². The minimum Gasteiger partial charge on any atom is -0.451 e. The van der Waals surface area contributed by atoms with Crippen molar-refractivity contribution in [2.24, 2.45) is 16.8 Å². The molecule has 0 saturated carbocycles. The Bertz CT molecular complexity index is 1880. The molecule has 16 heteroatoms. The molecule has 0 radical (unpaired) electrons. The van der Waals surface area contributed by atoms with Crippen molar-refractivity contribution in [3.63, 3.8) is 0 Å². The number of hydrogen-bond donors (Lipinski definition) is 2. The number of nitrogens with zero attached hydrogens (tertiary/aromatic N) is 2. The lowest BCUT2D eigenvalue weighted by Gasteiger charge is -2.40. The smallest absolute Gasteiger partial charge is 0.451 e. The molecule has 2 N–H and O–H groups in total. The molecule has 1 aliphatic heterocycles. The van der Waals surface area contributed by atoms with Gasteiger partial charge in [0.25, 0.3) is 0 Å². The van der Waals surface area contributed by atoms with E-state index >= 15 is 4.39 Å². The predicted molar refractivity (Wildman–Crippen MR) is 194 cm³/mol. The molecule has 3 aromatic carbocycles. The third-order valence-corrected chi connectivity index (χ3v) is 11.4. The van der Waals surface area contributed by atoms with E-state index in [-0.39, 0.29) is 34.2 Å². The number of sulfonamides is 1. The molecule has 0 aliphatic carbocycles. The molecule has 288 valence electrons. The van der Waals surface area contributed by atoms with Gasteiger partial charge in [-0.25, -0.2) is 17.6 Å². The molecule has 4 unspecified atom stereocenters. The summed E-state index contributed by atoms with van der Waals surface area (Å²) in [6, 6.07) is 14.3. The number of halogens is 5. The topological polar surface area (TPSA) is 126 Å². The van der Waals surface area contributed by atoms with Gasteiger partial charge in [0, 0.05) is 53.1 Å². The Morgan fingerprint density at radius 1 is 1.06 bits per heavy atom. The highest BCUT2D eigenvalue weighted by molar-refractivity contribution is 7.89. The second-order valence-electron chi connectivity index (χ2n) is 13.2. The molecule has 2 amide bonds. The third-order valence-electron chi connectivity index (χ3n) is 9.09. The molecule has 53 heavy (non-hydrogen) atoms. The van der Waals surface area contributed by atoms with E-state index in [1.165, 1.54) is 23.5 Å². The van der Waals surface area contributed by atoms with Crippen molar-refractivity contribution in [2.45, 2.75) is 76.2 Å². The number of benzene rings is 3. The minimum atomic E-state index is -4.92. The number of methoxy groups -OCH3 is 1. The lowest BCUT2D eigenvalue weighted by Crippen LogP contribution is -2.58. The van der Waals surface area contributed by atoms with Crippen LogP contribution in [0.5, 0.6) is 5.75 Å². The van der Waals surface area contributed by atoms with Crippen molar-refractivity contribution in [1.29, 1.82) is 0 Å². The van der Waals surface area contributed by atoms with Crippen LogP contribution in [0.4, 0.5) is 28.0 Å². The highest BCUT2D eigenvalue weighted by Crippen LogP contribution is 2.36. The molecule has 1 heterocycles. The first kappa shape index (κ1) is 41.7. The first-order valence-electron chi connectivity index (χ1n) is 17.0. The van der Waals surface area contributed by atoms with E-state index in [4.69, 9.17) is 16.3 Å². The Labute approximate surface area is 312 Å². The highest BCUT2D eigenvalue weighted by Gasteiger charge is 2.39. The van der Waals surface area contributed by atoms with Crippen LogP contribution in [0, 0.1) is 17.7 Å². The Kier molecular flexibility index (Phi) is 14.0. The fraction of sp³-hybridized carbons (Fsp3) is 0.432. The normalized spacial score (nSPS) is 18.4. The maximum atomic E-state index is 15.5. The number of hydrogen-bond acceptors (Lipinski definition) is 7. The number of carbonyl (C=O) groups excluding carboxylic acids is 2. The fourth-order valence-corrected chi connectivity index (χ4v) is 8.74. The first-order chi connectivity index (χ1) is 24.9. The average Bonchev–Trinajstić information content (AvgIpc) is 3.08. The van der Waals surface area contributed by atoms with Gasteiger partial charge in [-0.05, 0) is 93.1 Å². The van der Waals surface area contributed by atoms with Crippen LogP contribution in [0.3, 0.4) is 0 Å². The third kappa shape index (κ3) is 10.8. The molecular formula is C37H43ClF4N4O6S. The molecular weight excluding hydrogens is 740 g/mol. The van der Waals surface area contributed by atoms with E-state index in [1.807, 2.05) is 13.8 Å². The zero-order chi connectivity index (χ0) is 39.1. The summed E-state index contributed by atoms with van der Waals surface area (Å²) >= 11 is 6.14. The Morgan fingerprint density at radius 2 is 1.72 bits per heavy atom. The number of alkyl halides is 3. The molecule has 0 aromatic heterocycles. The summed E-state index contributed by atoms with van der Waals surface area (Å²) in [6.07, 6.45) is -5.05. The van der Waals surface area contributed by atoms with Crippen molar-refractivity contribution < 1.29 is 45.0 Å². The second-order valence-corrected chi connectivity index (χ2v) is 15.5. The van der Waals surface area contributed by atoms with E-state index in [0.29, 0.717) is 31.0 Å². The number of nitrogens with one attached hydrogen (secondary N) is 2. The van der Waals surface area contributed by atoms with Gasteiger partial charge in [-0.3, -0.25) is 4.79 Å². The van der Waals surface area contributed by atoms with Crippen LogP contribution in [0.25, 0.3) is 0 Å². The van der Waals surface area contributed by atoms with Crippen LogP contribution >= 0.6 is 11.6 Å². The van der Waals surface area contributed by atoms with Crippen LogP contribution in [0.15, 0.2) is 76.6 Å². The monoisotopic (exact) mass is 782 g/mol. The number of amides is 2. The van der Waals surface area contributed by atoms with E-state index < -0.39 is 63.9 Å². The van der Waals surface area contributed by atoms with Crippen molar-refractivity contribution in [1.82, 2.24) is 9.62 Å². The van der Waals surface area contributed by atoms with E-state index in [2.05, 4.69) is 20.4 Å². The molecule has 0 bridgehead atoms. The van der Waals surface area contributed by atoms with Crippen molar-refractivity contribution in [3.05, 3.63) is 88.7 Å². The lowest BCUT2D eigenvalue weighted by molar-refractivity contribution is -0.274. The summed E-state index contributed by atoms with van der Waals surface area (Å²) < 4.78 is 90.9. The van der Waals surface area contributed by atoms with Crippen LogP contribution in [0.2, 0.25) is 5.02 Å². The van der Waals surface area contributed by atoms with Gasteiger partial charge < -0.3 is 20.1 Å². The molecule has 3 aromatic rings. The Balaban J connectivity index is 1.57. The number of carbonyl (C=O) groups is 2. The van der Waals surface area contributed by atoms with Crippen LogP contribution in [0.1, 0.15) is 57.6 Å². The summed E-state index contributed by atoms with van der Waals surface area (Å²) in [6.45, 7) is 7.78. The Hall–Kier alpha value is -4.05. The van der Waals surface area contributed by atoms with Crippen molar-refractivity contribution >= 4 is 45.0 Å². The minimum absolute atomic E-state index is 0.112. The number of anilines is 1. The fourth-order valence-electron chi connectivity index (χ4n) is 6.77. The number of aliphatic imine (C=N–C) groups is 1. The average molecular weight is 783 g/mol. The molecule has 1 fully saturated rings. The highest BCUT2D eigenvalue weighted by atomic mass is 35.5. The van der Waals surface area contributed by atoms with Gasteiger partial charge in [-0.1, -0.05) is 43.6 Å². The standard InChI is InChI=1S/C37H43ClF4N4O6S/c1-22(2)33(25-12-14-26(38)15-13-25)34(24(4)44-36(48)51-5)35(47)45-32-11-7-10-31(39)30(32)9-6-8-27-21-43-20-23(3)46(27)53(49,50)29-18-16-28(17-19-29)52-37(40,41)42/h7,10-19,22-23,27,33-34,43H,6,8-9,20-21H2,1-5H3,(H,45,47). The predicted octanol–water partition coefficient (Wildman–Crippen LogP) is 7.97. The summed E-state index contributed by atoms with van der Waals surface area (Å²) in [5.41, 5.74) is 1.40. The lowest BCUT2D eigenvalue weighted by atomic mass is 9.75. The van der Waals surface area contributed by atoms with E-state index in [0.717, 1.165) is 29.8 Å². The summed E-state index contributed by atoms with van der Waals surface area (Å²) in [7, 11) is -2.96. The first-order valence-corrected chi connectivity index (χ1v) is 18.8. The molecule has 4 atom stereocenters. The molecule has 1 aliphatic rings. The summed E-state index contributed by atoms with van der Waals surface area (Å²) in [5, 5.41) is 6.59. The largest absolute Gasteiger partial charge is 0.573 e. The number of rotatable bonds is 13. The van der Waals surface area contributed by atoms with E-state index in [1.54, 1.807) is 44.2 Å². The van der Waals surface area contributed by atoms with E-state index in [9.17, 15) is 31.2 Å². The van der Waals surface area contributed by atoms with Crippen LogP contribution < -0.4 is 15.4 Å².